The number of hydrogen-bond acceptors (Lipinski definition) is 7. The molecule has 7 nitrogen and oxygen atoms in total. The van der Waals surface area contributed by atoms with Crippen molar-refractivity contribution < 1.29 is 14.4 Å². The van der Waals surface area contributed by atoms with E-state index < -0.39 is 0 Å². The summed E-state index contributed by atoms with van der Waals surface area (Å²) in [5.74, 6) is 1.02. The van der Waals surface area contributed by atoms with E-state index in [1.807, 2.05) is 21.9 Å². The van der Waals surface area contributed by atoms with E-state index in [1.54, 1.807) is 18.3 Å². The summed E-state index contributed by atoms with van der Waals surface area (Å²) in [4.78, 5) is 44.0. The largest absolute Gasteiger partial charge is 0.352 e. The van der Waals surface area contributed by atoms with Crippen LogP contribution in [0, 0.1) is 6.92 Å². The van der Waals surface area contributed by atoms with Crippen molar-refractivity contribution in [2.24, 2.45) is 0 Å². The van der Waals surface area contributed by atoms with Crippen LogP contribution >= 0.6 is 23.1 Å². The van der Waals surface area contributed by atoms with Crippen molar-refractivity contribution in [3.8, 4) is 0 Å². The Morgan fingerprint density at radius 1 is 1.06 bits per heavy atom. The molecule has 0 spiro atoms. The molecule has 9 heteroatoms. The van der Waals surface area contributed by atoms with Crippen molar-refractivity contribution >= 4 is 55.4 Å². The first-order chi connectivity index (χ1) is 14.9. The second-order valence-electron chi connectivity index (χ2n) is 7.76. The highest BCUT2D eigenvalue weighted by molar-refractivity contribution is 8.13. The first kappa shape index (κ1) is 23.5. The lowest BCUT2D eigenvalue weighted by atomic mass is 10.2. The van der Waals surface area contributed by atoms with Gasteiger partial charge in [-0.2, -0.15) is 0 Å². The normalized spacial score (nSPS) is 14.1. The average Bonchev–Trinajstić information content (AvgIpc) is 3.16. The summed E-state index contributed by atoms with van der Waals surface area (Å²) >= 11 is 2.90. The van der Waals surface area contributed by atoms with Gasteiger partial charge in [0.2, 0.25) is 11.8 Å². The molecule has 168 valence electrons. The third-order valence-corrected chi connectivity index (χ3v) is 7.14. The second-order valence-corrected chi connectivity index (χ2v) is 10.1. The van der Waals surface area contributed by atoms with Crippen LogP contribution in [-0.2, 0) is 14.4 Å². The maximum Gasteiger partial charge on any atom is 0.242 e. The van der Waals surface area contributed by atoms with E-state index >= 15 is 0 Å². The van der Waals surface area contributed by atoms with Gasteiger partial charge in [0.15, 0.2) is 10.2 Å². The number of piperazine rings is 1. The number of anilines is 1. The predicted octanol–water partition coefficient (Wildman–Crippen LogP) is 3.53. The number of fused-ring (bicyclic) bond motifs is 1. The number of carbonyl (C=O) groups is 3. The van der Waals surface area contributed by atoms with Crippen molar-refractivity contribution in [1.29, 1.82) is 0 Å². The minimum absolute atomic E-state index is 0.0329. The zero-order valence-electron chi connectivity index (χ0n) is 18.2. The summed E-state index contributed by atoms with van der Waals surface area (Å²) in [7, 11) is 0. The fraction of sp³-hybridized carbons (Fsp3) is 0.545. The smallest absolute Gasteiger partial charge is 0.242 e. The second kappa shape index (κ2) is 11.5. The highest BCUT2D eigenvalue weighted by Gasteiger charge is 2.23. The maximum atomic E-state index is 12.5. The van der Waals surface area contributed by atoms with Crippen molar-refractivity contribution in [1.82, 2.24) is 14.8 Å². The van der Waals surface area contributed by atoms with E-state index in [0.29, 0.717) is 32.6 Å². The Morgan fingerprint density at radius 2 is 1.77 bits per heavy atom. The van der Waals surface area contributed by atoms with Gasteiger partial charge < -0.3 is 15.1 Å². The van der Waals surface area contributed by atoms with E-state index in [4.69, 9.17) is 0 Å². The van der Waals surface area contributed by atoms with Crippen molar-refractivity contribution in [3.05, 3.63) is 23.8 Å². The zero-order valence-corrected chi connectivity index (χ0v) is 19.8. The van der Waals surface area contributed by atoms with Crippen LogP contribution < -0.4 is 5.32 Å². The third-order valence-electron chi connectivity index (χ3n) is 5.26. The number of aryl methyl sites for hydroxylation is 1. The fourth-order valence-corrected chi connectivity index (χ4v) is 5.10. The summed E-state index contributed by atoms with van der Waals surface area (Å²) in [6, 6.07) is 6.13. The summed E-state index contributed by atoms with van der Waals surface area (Å²) in [5, 5.41) is 4.05. The average molecular weight is 463 g/mol. The Balaban J connectivity index is 1.34. The molecule has 1 aliphatic heterocycles. The fourth-order valence-electron chi connectivity index (χ4n) is 3.50. The highest BCUT2D eigenvalue weighted by Crippen LogP contribution is 2.26. The van der Waals surface area contributed by atoms with Gasteiger partial charge in [-0.25, -0.2) is 4.98 Å². The molecule has 2 amide bonds. The number of benzene rings is 1. The van der Waals surface area contributed by atoms with Crippen LogP contribution in [0.4, 0.5) is 5.13 Å². The zero-order chi connectivity index (χ0) is 22.2. The van der Waals surface area contributed by atoms with Crippen molar-refractivity contribution in [2.75, 3.05) is 43.8 Å². The SMILES string of the molecule is CC(=O)SCCCCCC(=O)N1CCN(C(=O)CNc2nc3ccc(C)cc3s2)CC1. The van der Waals surface area contributed by atoms with Gasteiger partial charge in [-0.05, 0) is 37.5 Å². The molecule has 0 atom stereocenters. The molecule has 3 rings (SSSR count). The molecule has 0 radical (unpaired) electrons. The quantitative estimate of drug-likeness (QED) is 0.574. The van der Waals surface area contributed by atoms with Gasteiger partial charge >= 0.3 is 0 Å². The van der Waals surface area contributed by atoms with Crippen molar-refractivity contribution in [2.45, 2.75) is 39.5 Å². The predicted molar refractivity (Wildman–Crippen MR) is 128 cm³/mol. The van der Waals surface area contributed by atoms with Gasteiger partial charge in [-0.15, -0.1) is 0 Å². The molecule has 31 heavy (non-hydrogen) atoms. The van der Waals surface area contributed by atoms with E-state index in [2.05, 4.69) is 23.3 Å². The number of carbonyl (C=O) groups excluding carboxylic acids is 3. The molecule has 0 aliphatic carbocycles. The number of nitrogens with zero attached hydrogens (tertiary/aromatic N) is 3. The molecule has 0 bridgehead atoms. The monoisotopic (exact) mass is 462 g/mol. The summed E-state index contributed by atoms with van der Waals surface area (Å²) in [5.41, 5.74) is 2.13. The molecule has 1 saturated heterocycles. The molecule has 0 unspecified atom stereocenters. The molecule has 1 aromatic heterocycles. The molecule has 1 aliphatic rings. The van der Waals surface area contributed by atoms with Gasteiger partial charge in [-0.3, -0.25) is 14.4 Å². The standard InChI is InChI=1S/C22H30N4O3S2/c1-16-7-8-18-19(14-16)31-22(24-18)23-15-21(29)26-11-9-25(10-12-26)20(28)6-4-3-5-13-30-17(2)27/h7-8,14H,3-6,9-13,15H2,1-2H3,(H,23,24). The number of unbranched alkanes of at least 4 members (excludes halogenated alkanes) is 2. The van der Waals surface area contributed by atoms with Gasteiger partial charge in [-0.1, -0.05) is 35.6 Å². The van der Waals surface area contributed by atoms with Gasteiger partial charge in [0.25, 0.3) is 0 Å². The lowest BCUT2D eigenvalue weighted by Crippen LogP contribution is -2.51. The molecule has 1 N–H and O–H groups in total. The maximum absolute atomic E-state index is 12.5. The van der Waals surface area contributed by atoms with Gasteiger partial charge in [0.05, 0.1) is 16.8 Å². The van der Waals surface area contributed by atoms with E-state index in [0.717, 1.165) is 40.4 Å². The molecule has 1 fully saturated rings. The van der Waals surface area contributed by atoms with Crippen LogP contribution in [0.3, 0.4) is 0 Å². The molecule has 2 aromatic rings. The Morgan fingerprint density at radius 3 is 2.48 bits per heavy atom. The van der Waals surface area contributed by atoms with E-state index in [1.165, 1.54) is 17.3 Å². The van der Waals surface area contributed by atoms with Crippen molar-refractivity contribution in [3.63, 3.8) is 0 Å². The number of amides is 2. The van der Waals surface area contributed by atoms with Crippen LogP contribution in [0.2, 0.25) is 0 Å². The number of rotatable bonds is 9. The minimum Gasteiger partial charge on any atom is -0.352 e. The Bertz CT molecular complexity index is 923. The Kier molecular flexibility index (Phi) is 8.71. The van der Waals surface area contributed by atoms with Crippen LogP contribution in [0.25, 0.3) is 10.2 Å². The summed E-state index contributed by atoms with van der Waals surface area (Å²) in [6.45, 7) is 6.16. The molecule has 1 aromatic carbocycles. The number of nitrogens with one attached hydrogen (secondary N) is 1. The first-order valence-corrected chi connectivity index (χ1v) is 12.5. The summed E-state index contributed by atoms with van der Waals surface area (Å²) in [6.07, 6.45) is 3.31. The molecular weight excluding hydrogens is 432 g/mol. The lowest BCUT2D eigenvalue weighted by Gasteiger charge is -2.35. The van der Waals surface area contributed by atoms with E-state index in [-0.39, 0.29) is 23.5 Å². The molecular formula is C22H30N4O3S2. The minimum atomic E-state index is 0.0329. The van der Waals surface area contributed by atoms with Gasteiger partial charge in [0, 0.05) is 45.3 Å². The van der Waals surface area contributed by atoms with E-state index in [9.17, 15) is 14.4 Å². The lowest BCUT2D eigenvalue weighted by molar-refractivity contribution is -0.138. The van der Waals surface area contributed by atoms with Crippen LogP contribution in [0.5, 0.6) is 0 Å². The first-order valence-electron chi connectivity index (χ1n) is 10.7. The summed E-state index contributed by atoms with van der Waals surface area (Å²) < 4.78 is 1.11. The Labute approximate surface area is 191 Å². The van der Waals surface area contributed by atoms with Crippen LogP contribution in [0.15, 0.2) is 18.2 Å². The Hall–Kier alpha value is -2.13. The van der Waals surface area contributed by atoms with Crippen LogP contribution in [0.1, 0.15) is 38.2 Å². The van der Waals surface area contributed by atoms with Gasteiger partial charge in [0.1, 0.15) is 0 Å². The topological polar surface area (TPSA) is 82.6 Å². The molecule has 0 saturated carbocycles. The van der Waals surface area contributed by atoms with Crippen LogP contribution in [-0.4, -0.2) is 70.2 Å². The highest BCUT2D eigenvalue weighted by atomic mass is 32.2. The number of thiazole rings is 1. The molecule has 2 heterocycles. The number of thioether (sulfide) groups is 1. The number of hydrogen-bond donors (Lipinski definition) is 1. The third kappa shape index (κ3) is 7.21. The number of aromatic nitrogens is 1.